The Kier molecular flexibility index (Phi) is 5.90. The average molecular weight is 409 g/mol. The van der Waals surface area contributed by atoms with E-state index in [1.54, 1.807) is 15.9 Å². The fourth-order valence-electron chi connectivity index (χ4n) is 3.73. The monoisotopic (exact) mass is 409 g/mol. The van der Waals surface area contributed by atoms with E-state index in [2.05, 4.69) is 5.32 Å². The number of fused-ring (bicyclic) bond motifs is 1. The third kappa shape index (κ3) is 4.26. The quantitative estimate of drug-likeness (QED) is 0.827. The summed E-state index contributed by atoms with van der Waals surface area (Å²) >= 11 is 0. The standard InChI is InChI=1S/C23H27N3O4/c1-16-4-3-5-20(17(16)2)24-23(28)26-10-13-30-21-7-6-18(14-19(21)15-26)22(27)25-8-11-29-12-9-25/h3-7,14H,8-13,15H2,1-2H3,(H,24,28). The minimum Gasteiger partial charge on any atom is -0.491 e. The Hall–Kier alpha value is -3.06. The number of carbonyl (C=O) groups is 2. The molecule has 4 rings (SSSR count). The van der Waals surface area contributed by atoms with Gasteiger partial charge in [0.2, 0.25) is 0 Å². The summed E-state index contributed by atoms with van der Waals surface area (Å²) in [6.07, 6.45) is 0. The Morgan fingerprint density at radius 1 is 0.967 bits per heavy atom. The van der Waals surface area contributed by atoms with Crippen LogP contribution in [0.2, 0.25) is 0 Å². The molecule has 1 fully saturated rings. The third-order valence-electron chi connectivity index (χ3n) is 5.72. The van der Waals surface area contributed by atoms with Crippen LogP contribution in [-0.4, -0.2) is 61.2 Å². The Morgan fingerprint density at radius 3 is 2.53 bits per heavy atom. The van der Waals surface area contributed by atoms with Crippen LogP contribution in [0, 0.1) is 13.8 Å². The third-order valence-corrected chi connectivity index (χ3v) is 5.72. The van der Waals surface area contributed by atoms with Crippen molar-refractivity contribution in [1.29, 1.82) is 0 Å². The van der Waals surface area contributed by atoms with Crippen molar-refractivity contribution in [2.24, 2.45) is 0 Å². The van der Waals surface area contributed by atoms with Gasteiger partial charge in [-0.3, -0.25) is 4.79 Å². The Bertz CT molecular complexity index is 953. The lowest BCUT2D eigenvalue weighted by Crippen LogP contribution is -2.40. The summed E-state index contributed by atoms with van der Waals surface area (Å²) in [6, 6.07) is 11.1. The highest BCUT2D eigenvalue weighted by atomic mass is 16.5. The van der Waals surface area contributed by atoms with Crippen molar-refractivity contribution in [1.82, 2.24) is 9.80 Å². The number of amides is 3. The molecular formula is C23H27N3O4. The van der Waals surface area contributed by atoms with E-state index in [9.17, 15) is 9.59 Å². The molecule has 2 aliphatic rings. The molecular weight excluding hydrogens is 382 g/mol. The van der Waals surface area contributed by atoms with Crippen molar-refractivity contribution < 1.29 is 19.1 Å². The predicted molar refractivity (Wildman–Crippen MR) is 114 cm³/mol. The first kappa shape index (κ1) is 20.2. The second-order valence-corrected chi connectivity index (χ2v) is 7.67. The van der Waals surface area contributed by atoms with Crippen LogP contribution in [0.1, 0.15) is 27.0 Å². The molecule has 0 aliphatic carbocycles. The molecule has 0 unspecified atom stereocenters. The summed E-state index contributed by atoms with van der Waals surface area (Å²) in [5.41, 5.74) is 4.43. The van der Waals surface area contributed by atoms with Gasteiger partial charge in [0.25, 0.3) is 5.91 Å². The maximum absolute atomic E-state index is 12.9. The number of ether oxygens (including phenoxy) is 2. The average Bonchev–Trinajstić information content (AvgIpc) is 2.99. The highest BCUT2D eigenvalue weighted by molar-refractivity contribution is 5.95. The first-order chi connectivity index (χ1) is 14.5. The number of carbonyl (C=O) groups excluding carboxylic acids is 2. The van der Waals surface area contributed by atoms with Crippen molar-refractivity contribution >= 4 is 17.6 Å². The molecule has 0 atom stereocenters. The van der Waals surface area contributed by atoms with Crippen LogP contribution < -0.4 is 10.1 Å². The molecule has 2 aromatic rings. The molecule has 0 bridgehead atoms. The van der Waals surface area contributed by atoms with Crippen LogP contribution in [0.4, 0.5) is 10.5 Å². The summed E-state index contributed by atoms with van der Waals surface area (Å²) in [5.74, 6) is 0.701. The molecule has 3 amide bonds. The van der Waals surface area contributed by atoms with Gasteiger partial charge >= 0.3 is 6.03 Å². The van der Waals surface area contributed by atoms with Gasteiger partial charge in [0.1, 0.15) is 12.4 Å². The fraction of sp³-hybridized carbons (Fsp3) is 0.391. The van der Waals surface area contributed by atoms with Gasteiger partial charge < -0.3 is 24.6 Å². The lowest BCUT2D eigenvalue weighted by Gasteiger charge is -2.27. The summed E-state index contributed by atoms with van der Waals surface area (Å²) in [6.45, 7) is 7.59. The molecule has 2 aromatic carbocycles. The minimum atomic E-state index is -0.176. The van der Waals surface area contributed by atoms with E-state index in [1.165, 1.54) is 0 Å². The number of aryl methyl sites for hydroxylation is 1. The lowest BCUT2D eigenvalue weighted by atomic mass is 10.1. The zero-order chi connectivity index (χ0) is 21.1. The van der Waals surface area contributed by atoms with Gasteiger partial charge in [0.05, 0.1) is 26.3 Å². The number of hydrogen-bond acceptors (Lipinski definition) is 4. The van der Waals surface area contributed by atoms with E-state index in [4.69, 9.17) is 9.47 Å². The smallest absolute Gasteiger partial charge is 0.322 e. The second-order valence-electron chi connectivity index (χ2n) is 7.67. The summed E-state index contributed by atoms with van der Waals surface area (Å²) < 4.78 is 11.2. The molecule has 0 radical (unpaired) electrons. The van der Waals surface area contributed by atoms with Gasteiger partial charge in [-0.1, -0.05) is 12.1 Å². The molecule has 0 aromatic heterocycles. The lowest BCUT2D eigenvalue weighted by molar-refractivity contribution is 0.0303. The molecule has 158 valence electrons. The maximum Gasteiger partial charge on any atom is 0.322 e. The van der Waals surface area contributed by atoms with Gasteiger partial charge in [-0.05, 0) is 49.2 Å². The van der Waals surface area contributed by atoms with E-state index in [0.717, 1.165) is 28.1 Å². The number of benzene rings is 2. The van der Waals surface area contributed by atoms with Crippen LogP contribution in [0.15, 0.2) is 36.4 Å². The highest BCUT2D eigenvalue weighted by Gasteiger charge is 2.24. The van der Waals surface area contributed by atoms with E-state index < -0.39 is 0 Å². The van der Waals surface area contributed by atoms with Crippen molar-refractivity contribution in [2.45, 2.75) is 20.4 Å². The number of morpholine rings is 1. The van der Waals surface area contributed by atoms with Crippen molar-refractivity contribution in [3.63, 3.8) is 0 Å². The van der Waals surface area contributed by atoms with Crippen molar-refractivity contribution in [2.75, 3.05) is 44.8 Å². The molecule has 30 heavy (non-hydrogen) atoms. The summed E-state index contributed by atoms with van der Waals surface area (Å²) in [4.78, 5) is 29.3. The number of rotatable bonds is 2. The van der Waals surface area contributed by atoms with Gasteiger partial charge in [-0.25, -0.2) is 4.79 Å². The van der Waals surface area contributed by atoms with E-state index in [0.29, 0.717) is 51.6 Å². The number of nitrogens with one attached hydrogen (secondary N) is 1. The van der Waals surface area contributed by atoms with E-state index in [1.807, 2.05) is 44.2 Å². The van der Waals surface area contributed by atoms with Gasteiger partial charge in [-0.15, -0.1) is 0 Å². The van der Waals surface area contributed by atoms with Crippen molar-refractivity contribution in [3.8, 4) is 5.75 Å². The van der Waals surface area contributed by atoms with Gasteiger partial charge in [-0.2, -0.15) is 0 Å². The first-order valence-electron chi connectivity index (χ1n) is 10.3. The van der Waals surface area contributed by atoms with Crippen molar-refractivity contribution in [3.05, 3.63) is 58.7 Å². The van der Waals surface area contributed by atoms with Crippen LogP contribution in [0.5, 0.6) is 5.75 Å². The molecule has 1 saturated heterocycles. The number of anilines is 1. The molecule has 0 saturated carbocycles. The predicted octanol–water partition coefficient (Wildman–Crippen LogP) is 3.20. The highest BCUT2D eigenvalue weighted by Crippen LogP contribution is 2.26. The zero-order valence-electron chi connectivity index (χ0n) is 17.4. The number of nitrogens with zero attached hydrogens (tertiary/aromatic N) is 2. The first-order valence-corrected chi connectivity index (χ1v) is 10.3. The number of urea groups is 1. The van der Waals surface area contributed by atoms with Crippen LogP contribution >= 0.6 is 0 Å². The molecule has 7 heteroatoms. The molecule has 2 heterocycles. The normalized spacial score (nSPS) is 16.3. The summed E-state index contributed by atoms with van der Waals surface area (Å²) in [5, 5.41) is 3.01. The SMILES string of the molecule is Cc1cccc(NC(=O)N2CCOc3ccc(C(=O)N4CCOCC4)cc3C2)c1C. The summed E-state index contributed by atoms with van der Waals surface area (Å²) in [7, 11) is 0. The Balaban J connectivity index is 1.51. The largest absolute Gasteiger partial charge is 0.491 e. The second kappa shape index (κ2) is 8.75. The maximum atomic E-state index is 12.9. The Morgan fingerprint density at radius 2 is 1.73 bits per heavy atom. The van der Waals surface area contributed by atoms with Gasteiger partial charge in [0, 0.05) is 29.9 Å². The van der Waals surface area contributed by atoms with E-state index >= 15 is 0 Å². The Labute approximate surface area is 176 Å². The number of hydrogen-bond donors (Lipinski definition) is 1. The fourth-order valence-corrected chi connectivity index (χ4v) is 3.73. The minimum absolute atomic E-state index is 0.0169. The molecule has 2 aliphatic heterocycles. The zero-order valence-corrected chi connectivity index (χ0v) is 17.4. The molecule has 0 spiro atoms. The van der Waals surface area contributed by atoms with E-state index in [-0.39, 0.29) is 11.9 Å². The van der Waals surface area contributed by atoms with Crippen LogP contribution in [0.3, 0.4) is 0 Å². The topological polar surface area (TPSA) is 71.1 Å². The van der Waals surface area contributed by atoms with Crippen LogP contribution in [-0.2, 0) is 11.3 Å². The molecule has 1 N–H and O–H groups in total. The molecule has 7 nitrogen and oxygen atoms in total. The van der Waals surface area contributed by atoms with Gasteiger partial charge in [0.15, 0.2) is 0 Å². The van der Waals surface area contributed by atoms with Crippen LogP contribution in [0.25, 0.3) is 0 Å².